The zero-order valence-corrected chi connectivity index (χ0v) is 24.4. The van der Waals surface area contributed by atoms with Crippen molar-refractivity contribution in [1.82, 2.24) is 24.3 Å². The summed E-state index contributed by atoms with van der Waals surface area (Å²) in [7, 11) is 5.75. The highest BCUT2D eigenvalue weighted by Crippen LogP contribution is 2.21. The van der Waals surface area contributed by atoms with E-state index in [2.05, 4.69) is 39.7 Å². The molecule has 10 nitrogen and oxygen atoms in total. The van der Waals surface area contributed by atoms with Crippen molar-refractivity contribution in [2.45, 2.75) is 33.2 Å². The van der Waals surface area contributed by atoms with Crippen LogP contribution in [0, 0.1) is 5.92 Å². The summed E-state index contributed by atoms with van der Waals surface area (Å²) in [5.41, 5.74) is 2.17. The van der Waals surface area contributed by atoms with Gasteiger partial charge in [-0.15, -0.1) is 0 Å². The molecule has 0 spiro atoms. The van der Waals surface area contributed by atoms with Crippen LogP contribution in [0.15, 0.2) is 61.1 Å². The number of aryl methyl sites for hydroxylation is 2. The van der Waals surface area contributed by atoms with Gasteiger partial charge in [0.05, 0.1) is 11.4 Å². The minimum atomic E-state index is -0.354. The Balaban J connectivity index is 1.48. The molecule has 0 radical (unpaired) electrons. The topological polar surface area (TPSA) is 113 Å². The van der Waals surface area contributed by atoms with Gasteiger partial charge in [-0.3, -0.25) is 19.4 Å². The number of rotatable bonds is 12. The van der Waals surface area contributed by atoms with E-state index in [-0.39, 0.29) is 17.7 Å². The number of carbonyl (C=O) groups excluding carboxylic acids is 3. The van der Waals surface area contributed by atoms with Crippen LogP contribution in [0.3, 0.4) is 0 Å². The van der Waals surface area contributed by atoms with Crippen molar-refractivity contribution in [3.63, 3.8) is 0 Å². The molecule has 0 saturated heterocycles. The third kappa shape index (κ3) is 7.82. The molecule has 4 rings (SSSR count). The molecule has 1 aromatic carbocycles. The molecule has 0 aliphatic rings. The second-order valence-electron chi connectivity index (χ2n) is 11.0. The number of pyridine rings is 1. The van der Waals surface area contributed by atoms with Crippen molar-refractivity contribution in [3.8, 4) is 0 Å². The molecule has 0 atom stereocenters. The number of carbonyl (C=O) groups is 3. The zero-order chi connectivity index (χ0) is 29.5. The summed E-state index contributed by atoms with van der Waals surface area (Å²) < 4.78 is 3.54. The lowest BCUT2D eigenvalue weighted by Gasteiger charge is -2.10. The van der Waals surface area contributed by atoms with Gasteiger partial charge < -0.3 is 30.0 Å². The van der Waals surface area contributed by atoms with Crippen molar-refractivity contribution in [1.29, 1.82) is 0 Å². The quantitative estimate of drug-likeness (QED) is 0.220. The fourth-order valence-corrected chi connectivity index (χ4v) is 4.50. The average molecular weight is 558 g/mol. The van der Waals surface area contributed by atoms with Crippen molar-refractivity contribution in [2.24, 2.45) is 13.0 Å². The fourth-order valence-electron chi connectivity index (χ4n) is 4.50. The summed E-state index contributed by atoms with van der Waals surface area (Å²) >= 11 is 0. The number of aromatic nitrogens is 3. The van der Waals surface area contributed by atoms with E-state index < -0.39 is 0 Å². The smallest absolute Gasteiger partial charge is 0.274 e. The standard InChI is InChI=1S/C31H39N7O3/c1-21(2)11-14-38-20-25(34-29(39)26-15-22-9-6-7-10-23(22)18-33-26)17-28(38)31(41)35-24-16-27(37(5)19-24)30(40)32-12-8-13-36(3)4/h6-7,9-10,15-21H,8,11-14H2,1-5H3,(H,32,40)(H,34,39)(H,35,41). The lowest BCUT2D eigenvalue weighted by Crippen LogP contribution is -2.28. The molecular weight excluding hydrogens is 518 g/mol. The van der Waals surface area contributed by atoms with Crippen LogP contribution in [0.2, 0.25) is 0 Å². The van der Waals surface area contributed by atoms with Crippen molar-refractivity contribution in [2.75, 3.05) is 37.8 Å². The molecule has 3 heterocycles. The Morgan fingerprint density at radius 3 is 2.32 bits per heavy atom. The molecule has 41 heavy (non-hydrogen) atoms. The van der Waals surface area contributed by atoms with Gasteiger partial charge in [0.1, 0.15) is 17.1 Å². The van der Waals surface area contributed by atoms with Crippen LogP contribution >= 0.6 is 0 Å². The summed E-state index contributed by atoms with van der Waals surface area (Å²) in [4.78, 5) is 45.4. The number of hydrogen-bond acceptors (Lipinski definition) is 5. The van der Waals surface area contributed by atoms with Crippen LogP contribution in [0.1, 0.15) is 58.2 Å². The van der Waals surface area contributed by atoms with Crippen LogP contribution in [-0.4, -0.2) is 63.9 Å². The van der Waals surface area contributed by atoms with Gasteiger partial charge in [-0.25, -0.2) is 0 Å². The maximum absolute atomic E-state index is 13.4. The highest BCUT2D eigenvalue weighted by molar-refractivity contribution is 6.07. The predicted molar refractivity (Wildman–Crippen MR) is 162 cm³/mol. The number of nitrogens with zero attached hydrogens (tertiary/aromatic N) is 4. The first kappa shape index (κ1) is 29.5. The predicted octanol–water partition coefficient (Wildman–Crippen LogP) is 4.61. The molecule has 3 amide bonds. The fraction of sp³-hybridized carbons (Fsp3) is 0.355. The van der Waals surface area contributed by atoms with E-state index >= 15 is 0 Å². The van der Waals surface area contributed by atoms with Gasteiger partial charge >= 0.3 is 0 Å². The number of benzene rings is 1. The largest absolute Gasteiger partial charge is 0.351 e. The average Bonchev–Trinajstić information content (AvgIpc) is 3.51. The van der Waals surface area contributed by atoms with Crippen LogP contribution in [0.5, 0.6) is 0 Å². The monoisotopic (exact) mass is 557 g/mol. The number of fused-ring (bicyclic) bond motifs is 1. The van der Waals surface area contributed by atoms with E-state index in [0.717, 1.165) is 30.2 Å². The second kappa shape index (κ2) is 13.3. The summed E-state index contributed by atoms with van der Waals surface area (Å²) in [5, 5.41) is 10.6. The molecule has 0 fully saturated rings. The Bertz CT molecular complexity index is 1530. The minimum absolute atomic E-state index is 0.195. The van der Waals surface area contributed by atoms with E-state index in [9.17, 15) is 14.4 Å². The summed E-state index contributed by atoms with van der Waals surface area (Å²) in [6.07, 6.45) is 6.86. The number of nitrogens with one attached hydrogen (secondary N) is 3. The Morgan fingerprint density at radius 2 is 1.59 bits per heavy atom. The molecule has 10 heteroatoms. The molecule has 0 aliphatic heterocycles. The minimum Gasteiger partial charge on any atom is -0.351 e. The van der Waals surface area contributed by atoms with Gasteiger partial charge in [-0.1, -0.05) is 38.1 Å². The zero-order valence-electron chi connectivity index (χ0n) is 24.4. The normalized spacial score (nSPS) is 11.3. The third-order valence-electron chi connectivity index (χ3n) is 6.76. The van der Waals surface area contributed by atoms with Gasteiger partial charge in [0.15, 0.2) is 0 Å². The third-order valence-corrected chi connectivity index (χ3v) is 6.76. The molecule has 0 unspecified atom stereocenters. The maximum Gasteiger partial charge on any atom is 0.274 e. The molecular formula is C31H39N7O3. The van der Waals surface area contributed by atoms with Gasteiger partial charge in [0, 0.05) is 44.1 Å². The first-order valence-corrected chi connectivity index (χ1v) is 13.9. The van der Waals surface area contributed by atoms with Crippen LogP contribution in [-0.2, 0) is 13.6 Å². The summed E-state index contributed by atoms with van der Waals surface area (Å²) in [6.45, 7) is 6.30. The van der Waals surface area contributed by atoms with Gasteiger partial charge in [0.2, 0.25) is 0 Å². The summed E-state index contributed by atoms with van der Waals surface area (Å²) in [6, 6.07) is 12.8. The molecule has 216 valence electrons. The SMILES string of the molecule is CC(C)CCn1cc(NC(=O)c2cc3ccccc3cn2)cc1C(=O)Nc1cc(C(=O)NCCCN(C)C)n(C)c1. The molecule has 3 aromatic heterocycles. The second-order valence-corrected chi connectivity index (χ2v) is 11.0. The van der Waals surface area contributed by atoms with Gasteiger partial charge in [-0.2, -0.15) is 0 Å². The summed E-state index contributed by atoms with van der Waals surface area (Å²) in [5.74, 6) is -0.449. The molecule has 0 aliphatic carbocycles. The van der Waals surface area contributed by atoms with E-state index in [1.54, 1.807) is 48.4 Å². The molecule has 0 saturated carbocycles. The van der Waals surface area contributed by atoms with Crippen molar-refractivity contribution >= 4 is 39.9 Å². The van der Waals surface area contributed by atoms with Gasteiger partial charge in [0.25, 0.3) is 17.7 Å². The van der Waals surface area contributed by atoms with Crippen LogP contribution < -0.4 is 16.0 Å². The highest BCUT2D eigenvalue weighted by Gasteiger charge is 2.19. The first-order chi connectivity index (χ1) is 19.6. The maximum atomic E-state index is 13.4. The van der Waals surface area contributed by atoms with Crippen molar-refractivity contribution in [3.05, 3.63) is 78.1 Å². The lowest BCUT2D eigenvalue weighted by atomic mass is 10.1. The van der Waals surface area contributed by atoms with Crippen LogP contribution in [0.4, 0.5) is 11.4 Å². The lowest BCUT2D eigenvalue weighted by molar-refractivity contribution is 0.0942. The van der Waals surface area contributed by atoms with Gasteiger partial charge in [-0.05, 0) is 63.0 Å². The number of amides is 3. The molecule has 4 aromatic rings. The molecule has 3 N–H and O–H groups in total. The molecule has 0 bridgehead atoms. The number of anilines is 2. The number of hydrogen-bond donors (Lipinski definition) is 3. The van der Waals surface area contributed by atoms with Crippen LogP contribution in [0.25, 0.3) is 10.8 Å². The Morgan fingerprint density at radius 1 is 0.902 bits per heavy atom. The Kier molecular flexibility index (Phi) is 9.57. The van der Waals surface area contributed by atoms with E-state index in [4.69, 9.17) is 0 Å². The van der Waals surface area contributed by atoms with E-state index in [1.807, 2.05) is 42.9 Å². The van der Waals surface area contributed by atoms with E-state index in [1.165, 1.54) is 0 Å². The van der Waals surface area contributed by atoms with E-state index in [0.29, 0.717) is 47.5 Å². The Hall–Kier alpha value is -4.44. The Labute approximate surface area is 240 Å². The van der Waals surface area contributed by atoms with Crippen molar-refractivity contribution < 1.29 is 14.4 Å². The first-order valence-electron chi connectivity index (χ1n) is 13.9. The highest BCUT2D eigenvalue weighted by atomic mass is 16.2.